The molecule has 0 aliphatic carbocycles. The minimum absolute atomic E-state index is 0.584. The molecule has 1 aromatic rings. The van der Waals surface area contributed by atoms with Gasteiger partial charge < -0.3 is 9.64 Å². The Bertz CT molecular complexity index is 487. The minimum Gasteiger partial charge on any atom is -0.380 e. The molecule has 0 spiro atoms. The van der Waals surface area contributed by atoms with Crippen molar-refractivity contribution < 1.29 is 4.74 Å². The van der Waals surface area contributed by atoms with Crippen molar-refractivity contribution in [3.8, 4) is 0 Å². The van der Waals surface area contributed by atoms with E-state index in [1.807, 2.05) is 13.0 Å². The number of aliphatic imine (C=N–C) groups is 1. The summed E-state index contributed by atoms with van der Waals surface area (Å²) in [6, 6.07) is 10.8. The van der Waals surface area contributed by atoms with E-state index < -0.39 is 0 Å². The summed E-state index contributed by atoms with van der Waals surface area (Å²) in [5.41, 5.74) is 1.43. The fraction of sp³-hybridized carbons (Fsp3) is 0.526. The molecule has 1 unspecified atom stereocenters. The lowest BCUT2D eigenvalue weighted by molar-refractivity contribution is 0.149. The summed E-state index contributed by atoms with van der Waals surface area (Å²) in [4.78, 5) is 7.01. The van der Waals surface area contributed by atoms with Gasteiger partial charge in [-0.25, -0.2) is 0 Å². The minimum atomic E-state index is 0.584. The molecule has 1 heterocycles. The van der Waals surface area contributed by atoms with E-state index in [0.29, 0.717) is 12.6 Å². The maximum atomic E-state index is 5.30. The summed E-state index contributed by atoms with van der Waals surface area (Å²) in [5.74, 6) is 1.58. The summed E-state index contributed by atoms with van der Waals surface area (Å²) in [7, 11) is 0. The third kappa shape index (κ3) is 5.81. The van der Waals surface area contributed by atoms with Gasteiger partial charge in [0, 0.05) is 32.2 Å². The van der Waals surface area contributed by atoms with Crippen LogP contribution in [0.2, 0.25) is 0 Å². The first kappa shape index (κ1) is 17.7. The van der Waals surface area contributed by atoms with Crippen LogP contribution < -0.4 is 5.32 Å². The van der Waals surface area contributed by atoms with Crippen molar-refractivity contribution in [2.45, 2.75) is 25.7 Å². The molecular weight excluding hydrogens is 286 g/mol. The van der Waals surface area contributed by atoms with Crippen molar-refractivity contribution in [3.63, 3.8) is 0 Å². The predicted octanol–water partition coefficient (Wildman–Crippen LogP) is 3.03. The smallest absolute Gasteiger partial charge is 0.124 e. The van der Waals surface area contributed by atoms with E-state index in [4.69, 9.17) is 4.74 Å². The zero-order chi connectivity index (χ0) is 16.3. The van der Waals surface area contributed by atoms with Gasteiger partial charge in [-0.2, -0.15) is 0 Å². The lowest BCUT2D eigenvalue weighted by atomic mass is 9.90. The SMILES string of the molecule is C=C/C(=N\CNCCOCC)N1CCCC(c2ccccc2)C1. The molecule has 0 saturated carbocycles. The van der Waals surface area contributed by atoms with Crippen molar-refractivity contribution in [3.05, 3.63) is 48.6 Å². The average molecular weight is 315 g/mol. The van der Waals surface area contributed by atoms with Crippen molar-refractivity contribution in [2.75, 3.05) is 39.5 Å². The maximum Gasteiger partial charge on any atom is 0.124 e. The molecule has 1 saturated heterocycles. The standard InChI is InChI=1S/C19H29N3O/c1-3-19(21-16-20-12-14-23-4-2)22-13-8-11-18(15-22)17-9-6-5-7-10-17/h3,5-7,9-10,18,20H,1,4,8,11-16H2,2H3/b21-19+. The van der Waals surface area contributed by atoms with E-state index in [1.54, 1.807) is 0 Å². The largest absolute Gasteiger partial charge is 0.380 e. The van der Waals surface area contributed by atoms with Gasteiger partial charge in [0.1, 0.15) is 5.84 Å². The van der Waals surface area contributed by atoms with Gasteiger partial charge in [-0.15, -0.1) is 0 Å². The van der Waals surface area contributed by atoms with E-state index >= 15 is 0 Å². The zero-order valence-corrected chi connectivity index (χ0v) is 14.2. The number of nitrogens with one attached hydrogen (secondary N) is 1. The fourth-order valence-corrected chi connectivity index (χ4v) is 2.98. The van der Waals surface area contributed by atoms with Gasteiger partial charge >= 0.3 is 0 Å². The Kier molecular flexibility index (Phi) is 7.84. The van der Waals surface area contributed by atoms with Gasteiger partial charge in [-0.3, -0.25) is 10.3 Å². The van der Waals surface area contributed by atoms with E-state index in [0.717, 1.165) is 38.7 Å². The van der Waals surface area contributed by atoms with Gasteiger partial charge in [-0.1, -0.05) is 36.9 Å². The molecule has 1 aromatic carbocycles. The monoisotopic (exact) mass is 315 g/mol. The number of likely N-dealkylation sites (tertiary alicyclic amines) is 1. The highest BCUT2D eigenvalue weighted by molar-refractivity contribution is 5.92. The third-order valence-corrected chi connectivity index (χ3v) is 4.18. The van der Waals surface area contributed by atoms with Gasteiger partial charge in [0.05, 0.1) is 13.3 Å². The number of benzene rings is 1. The van der Waals surface area contributed by atoms with Gasteiger partial charge in [0.2, 0.25) is 0 Å². The number of amidine groups is 1. The van der Waals surface area contributed by atoms with Crippen molar-refractivity contribution in [1.29, 1.82) is 0 Å². The van der Waals surface area contributed by atoms with Crippen molar-refractivity contribution in [2.24, 2.45) is 4.99 Å². The Morgan fingerprint density at radius 3 is 3.00 bits per heavy atom. The van der Waals surface area contributed by atoms with Gasteiger partial charge in [-0.05, 0) is 31.4 Å². The molecule has 1 N–H and O–H groups in total. The first-order chi connectivity index (χ1) is 11.3. The molecule has 1 fully saturated rings. The van der Waals surface area contributed by atoms with Crippen molar-refractivity contribution >= 4 is 5.84 Å². The zero-order valence-electron chi connectivity index (χ0n) is 14.2. The highest BCUT2D eigenvalue weighted by Crippen LogP contribution is 2.26. The Morgan fingerprint density at radius 2 is 2.26 bits per heavy atom. The molecule has 2 rings (SSSR count). The van der Waals surface area contributed by atoms with Crippen LogP contribution in [0.15, 0.2) is 48.0 Å². The molecule has 0 radical (unpaired) electrons. The molecule has 4 nitrogen and oxygen atoms in total. The Balaban J connectivity index is 1.86. The first-order valence-electron chi connectivity index (χ1n) is 8.60. The second-order valence-corrected chi connectivity index (χ2v) is 5.77. The second kappa shape index (κ2) is 10.2. The highest BCUT2D eigenvalue weighted by atomic mass is 16.5. The van der Waals surface area contributed by atoms with Gasteiger partial charge in [0.25, 0.3) is 0 Å². The molecule has 0 bridgehead atoms. The van der Waals surface area contributed by atoms with Crippen LogP contribution in [0, 0.1) is 0 Å². The lowest BCUT2D eigenvalue weighted by Gasteiger charge is -2.34. The van der Waals surface area contributed by atoms with Crippen LogP contribution in [0.1, 0.15) is 31.2 Å². The molecular formula is C19H29N3O. The van der Waals surface area contributed by atoms with E-state index in [2.05, 4.69) is 52.1 Å². The predicted molar refractivity (Wildman–Crippen MR) is 97.0 cm³/mol. The number of hydrogen-bond donors (Lipinski definition) is 1. The quantitative estimate of drug-likeness (QED) is 0.455. The summed E-state index contributed by atoms with van der Waals surface area (Å²) in [6.07, 6.45) is 4.32. The number of rotatable bonds is 8. The molecule has 1 atom stereocenters. The van der Waals surface area contributed by atoms with E-state index in [9.17, 15) is 0 Å². The van der Waals surface area contributed by atoms with Crippen LogP contribution in [0.3, 0.4) is 0 Å². The molecule has 0 amide bonds. The molecule has 1 aliphatic rings. The van der Waals surface area contributed by atoms with Crippen LogP contribution in [-0.4, -0.2) is 50.3 Å². The number of ether oxygens (including phenoxy) is 1. The Hall–Kier alpha value is -1.65. The number of nitrogens with zero attached hydrogens (tertiary/aromatic N) is 2. The maximum absolute atomic E-state index is 5.30. The number of hydrogen-bond acceptors (Lipinski definition) is 3. The molecule has 4 heteroatoms. The Morgan fingerprint density at radius 1 is 1.43 bits per heavy atom. The summed E-state index contributed by atoms with van der Waals surface area (Å²) >= 11 is 0. The second-order valence-electron chi connectivity index (χ2n) is 5.77. The van der Waals surface area contributed by atoms with Crippen LogP contribution in [-0.2, 0) is 4.74 Å². The normalized spacial score (nSPS) is 18.9. The third-order valence-electron chi connectivity index (χ3n) is 4.18. The van der Waals surface area contributed by atoms with Crippen LogP contribution >= 0.6 is 0 Å². The Labute approximate surface area is 140 Å². The highest BCUT2D eigenvalue weighted by Gasteiger charge is 2.22. The van der Waals surface area contributed by atoms with E-state index in [-0.39, 0.29) is 0 Å². The van der Waals surface area contributed by atoms with E-state index in [1.165, 1.54) is 18.4 Å². The number of piperidine rings is 1. The molecule has 126 valence electrons. The first-order valence-corrected chi connectivity index (χ1v) is 8.60. The van der Waals surface area contributed by atoms with Gasteiger partial charge in [0.15, 0.2) is 0 Å². The van der Waals surface area contributed by atoms with Crippen LogP contribution in [0.4, 0.5) is 0 Å². The molecule has 0 aromatic heterocycles. The average Bonchev–Trinajstić information content (AvgIpc) is 2.62. The topological polar surface area (TPSA) is 36.9 Å². The summed E-state index contributed by atoms with van der Waals surface area (Å²) < 4.78 is 5.30. The summed E-state index contributed by atoms with van der Waals surface area (Å²) in [5, 5.41) is 3.28. The fourth-order valence-electron chi connectivity index (χ4n) is 2.98. The lowest BCUT2D eigenvalue weighted by Crippen LogP contribution is -2.38. The summed E-state index contributed by atoms with van der Waals surface area (Å²) in [6.45, 7) is 11.0. The van der Waals surface area contributed by atoms with Crippen LogP contribution in [0.5, 0.6) is 0 Å². The van der Waals surface area contributed by atoms with Crippen molar-refractivity contribution in [1.82, 2.24) is 10.2 Å². The molecule has 1 aliphatic heterocycles. The van der Waals surface area contributed by atoms with Crippen LogP contribution in [0.25, 0.3) is 0 Å². The molecule has 23 heavy (non-hydrogen) atoms.